The van der Waals surface area contributed by atoms with Gasteiger partial charge in [-0.25, -0.2) is 0 Å². The molecule has 86 valence electrons. The maximum absolute atomic E-state index is 12.0. The number of hydrogen-bond acceptors (Lipinski definition) is 1. The molecule has 2 unspecified atom stereocenters. The smallest absolute Gasteiger partial charge is 0.140 e. The van der Waals surface area contributed by atoms with Crippen molar-refractivity contribution in [3.8, 4) is 0 Å². The van der Waals surface area contributed by atoms with Crippen molar-refractivity contribution >= 4 is 21.7 Å². The third-order valence-corrected chi connectivity index (χ3v) is 3.97. The molecular formula is C14H17BrO. The van der Waals surface area contributed by atoms with Crippen molar-refractivity contribution in [3.63, 3.8) is 0 Å². The number of halogens is 1. The molecule has 0 saturated heterocycles. The van der Waals surface area contributed by atoms with Gasteiger partial charge in [-0.15, -0.1) is 0 Å². The lowest BCUT2D eigenvalue weighted by atomic mass is 9.96. The molecule has 0 N–H and O–H groups in total. The molecule has 2 rings (SSSR count). The Morgan fingerprint density at radius 3 is 2.56 bits per heavy atom. The second-order valence-electron chi connectivity index (χ2n) is 4.88. The summed E-state index contributed by atoms with van der Waals surface area (Å²) in [5.74, 6) is 1.48. The Kier molecular flexibility index (Phi) is 3.80. The van der Waals surface area contributed by atoms with Crippen LogP contribution in [0.1, 0.15) is 31.7 Å². The van der Waals surface area contributed by atoms with Crippen LogP contribution < -0.4 is 0 Å². The standard InChI is InChI=1S/C14H17BrO/c1-10-2-5-12(8-10)14(16)9-11-3-6-13(15)7-4-11/h3-4,6-7,10,12H,2,5,8-9H2,1H3. The van der Waals surface area contributed by atoms with Crippen molar-refractivity contribution in [2.45, 2.75) is 32.6 Å². The van der Waals surface area contributed by atoms with Crippen LogP contribution in [0.4, 0.5) is 0 Å². The number of carbonyl (C=O) groups is 1. The van der Waals surface area contributed by atoms with Crippen LogP contribution in [-0.4, -0.2) is 5.78 Å². The van der Waals surface area contributed by atoms with Crippen LogP contribution in [0.2, 0.25) is 0 Å². The van der Waals surface area contributed by atoms with E-state index in [2.05, 4.69) is 22.9 Å². The Bertz CT molecular complexity index is 369. The summed E-state index contributed by atoms with van der Waals surface area (Å²) in [6, 6.07) is 8.06. The molecule has 1 fully saturated rings. The molecule has 1 aliphatic carbocycles. The van der Waals surface area contributed by atoms with Gasteiger partial charge in [-0.05, 0) is 42.9 Å². The highest BCUT2D eigenvalue weighted by Gasteiger charge is 2.26. The van der Waals surface area contributed by atoms with Gasteiger partial charge in [-0.3, -0.25) is 4.79 Å². The van der Waals surface area contributed by atoms with Gasteiger partial charge in [0.05, 0.1) is 0 Å². The highest BCUT2D eigenvalue weighted by atomic mass is 79.9. The fourth-order valence-electron chi connectivity index (χ4n) is 2.45. The first-order valence-electron chi connectivity index (χ1n) is 5.92. The second-order valence-corrected chi connectivity index (χ2v) is 5.80. The quantitative estimate of drug-likeness (QED) is 0.818. The van der Waals surface area contributed by atoms with Crippen LogP contribution in [0, 0.1) is 11.8 Å². The summed E-state index contributed by atoms with van der Waals surface area (Å²) < 4.78 is 1.07. The highest BCUT2D eigenvalue weighted by Crippen LogP contribution is 2.31. The maximum atomic E-state index is 12.0. The molecule has 0 radical (unpaired) electrons. The summed E-state index contributed by atoms with van der Waals surface area (Å²) in [4.78, 5) is 12.0. The summed E-state index contributed by atoms with van der Waals surface area (Å²) in [7, 11) is 0. The molecule has 1 nitrogen and oxygen atoms in total. The zero-order valence-electron chi connectivity index (χ0n) is 9.58. The number of ketones is 1. The molecule has 0 aromatic heterocycles. The summed E-state index contributed by atoms with van der Waals surface area (Å²) in [5, 5.41) is 0. The number of rotatable bonds is 3. The second kappa shape index (κ2) is 5.13. The lowest BCUT2D eigenvalue weighted by Gasteiger charge is -2.08. The SMILES string of the molecule is CC1CCC(C(=O)Cc2ccc(Br)cc2)C1. The number of hydrogen-bond donors (Lipinski definition) is 0. The minimum Gasteiger partial charge on any atom is -0.299 e. The summed E-state index contributed by atoms with van der Waals surface area (Å²) in [6.45, 7) is 2.24. The van der Waals surface area contributed by atoms with Crippen LogP contribution in [0.25, 0.3) is 0 Å². The van der Waals surface area contributed by atoms with Gasteiger partial charge in [0.2, 0.25) is 0 Å². The average Bonchev–Trinajstić information content (AvgIpc) is 2.68. The Balaban J connectivity index is 1.94. The topological polar surface area (TPSA) is 17.1 Å². The first kappa shape index (κ1) is 11.8. The summed E-state index contributed by atoms with van der Waals surface area (Å²) in [6.07, 6.45) is 4.01. The molecule has 2 heteroatoms. The van der Waals surface area contributed by atoms with Crippen LogP contribution in [0.5, 0.6) is 0 Å². The molecule has 1 saturated carbocycles. The van der Waals surface area contributed by atoms with Gasteiger partial charge in [-0.1, -0.05) is 35.0 Å². The van der Waals surface area contributed by atoms with E-state index in [1.54, 1.807) is 0 Å². The van der Waals surface area contributed by atoms with E-state index in [0.29, 0.717) is 18.1 Å². The van der Waals surface area contributed by atoms with Gasteiger partial charge in [0, 0.05) is 16.8 Å². The normalized spacial score (nSPS) is 24.6. The third-order valence-electron chi connectivity index (χ3n) is 3.44. The maximum Gasteiger partial charge on any atom is 0.140 e. The van der Waals surface area contributed by atoms with E-state index in [1.165, 1.54) is 6.42 Å². The summed E-state index contributed by atoms with van der Waals surface area (Å²) in [5.41, 5.74) is 1.13. The van der Waals surface area contributed by atoms with E-state index in [4.69, 9.17) is 0 Å². The lowest BCUT2D eigenvalue weighted by Crippen LogP contribution is -2.13. The molecular weight excluding hydrogens is 264 g/mol. The van der Waals surface area contributed by atoms with Crippen molar-refractivity contribution < 1.29 is 4.79 Å². The lowest BCUT2D eigenvalue weighted by molar-refractivity contribution is -0.122. The zero-order chi connectivity index (χ0) is 11.5. The van der Waals surface area contributed by atoms with Crippen LogP contribution in [0.15, 0.2) is 28.7 Å². The molecule has 0 amide bonds. The molecule has 0 heterocycles. The van der Waals surface area contributed by atoms with Gasteiger partial charge in [0.15, 0.2) is 0 Å². The molecule has 1 aromatic carbocycles. The molecule has 0 bridgehead atoms. The van der Waals surface area contributed by atoms with E-state index in [1.807, 2.05) is 24.3 Å². The molecule has 0 aliphatic heterocycles. The van der Waals surface area contributed by atoms with Crippen LogP contribution in [0.3, 0.4) is 0 Å². The Morgan fingerprint density at radius 1 is 1.31 bits per heavy atom. The van der Waals surface area contributed by atoms with Crippen molar-refractivity contribution in [1.82, 2.24) is 0 Å². The predicted octanol–water partition coefficient (Wildman–Crippen LogP) is 4.00. The van der Waals surface area contributed by atoms with E-state index in [0.717, 1.165) is 28.8 Å². The Labute approximate surface area is 105 Å². The number of carbonyl (C=O) groups excluding carboxylic acids is 1. The average molecular weight is 281 g/mol. The minimum atomic E-state index is 0.318. The van der Waals surface area contributed by atoms with E-state index in [9.17, 15) is 4.79 Å². The Morgan fingerprint density at radius 2 is 2.00 bits per heavy atom. The predicted molar refractivity (Wildman–Crippen MR) is 69.4 cm³/mol. The van der Waals surface area contributed by atoms with Crippen molar-refractivity contribution in [1.29, 1.82) is 0 Å². The first-order valence-corrected chi connectivity index (χ1v) is 6.71. The number of Topliss-reactive ketones (excluding diaryl/α,β-unsaturated/α-hetero) is 1. The molecule has 2 atom stereocenters. The monoisotopic (exact) mass is 280 g/mol. The summed E-state index contributed by atoms with van der Waals surface area (Å²) >= 11 is 3.40. The van der Waals surface area contributed by atoms with Gasteiger partial charge in [0.25, 0.3) is 0 Å². The van der Waals surface area contributed by atoms with Gasteiger partial charge in [0.1, 0.15) is 5.78 Å². The van der Waals surface area contributed by atoms with Crippen molar-refractivity contribution in [3.05, 3.63) is 34.3 Å². The minimum absolute atomic E-state index is 0.318. The fourth-order valence-corrected chi connectivity index (χ4v) is 2.71. The van der Waals surface area contributed by atoms with Gasteiger partial charge in [-0.2, -0.15) is 0 Å². The van der Waals surface area contributed by atoms with E-state index in [-0.39, 0.29) is 0 Å². The Hall–Kier alpha value is -0.630. The fraction of sp³-hybridized carbons (Fsp3) is 0.500. The van der Waals surface area contributed by atoms with Crippen molar-refractivity contribution in [2.24, 2.45) is 11.8 Å². The van der Waals surface area contributed by atoms with E-state index < -0.39 is 0 Å². The zero-order valence-corrected chi connectivity index (χ0v) is 11.2. The van der Waals surface area contributed by atoms with Crippen LogP contribution in [-0.2, 0) is 11.2 Å². The highest BCUT2D eigenvalue weighted by molar-refractivity contribution is 9.10. The molecule has 1 aromatic rings. The van der Waals surface area contributed by atoms with Gasteiger partial charge >= 0.3 is 0 Å². The number of benzene rings is 1. The van der Waals surface area contributed by atoms with Gasteiger partial charge < -0.3 is 0 Å². The molecule has 1 aliphatic rings. The van der Waals surface area contributed by atoms with Crippen molar-refractivity contribution in [2.75, 3.05) is 0 Å². The first-order chi connectivity index (χ1) is 7.65. The third kappa shape index (κ3) is 2.94. The molecule has 0 spiro atoms. The molecule has 16 heavy (non-hydrogen) atoms. The largest absolute Gasteiger partial charge is 0.299 e. The van der Waals surface area contributed by atoms with Crippen LogP contribution >= 0.6 is 15.9 Å². The van der Waals surface area contributed by atoms with E-state index >= 15 is 0 Å².